The molecule has 1 aromatic rings. The van der Waals surface area contributed by atoms with Gasteiger partial charge < -0.3 is 20.1 Å². The lowest BCUT2D eigenvalue weighted by molar-refractivity contribution is 0.171. The molecule has 0 amide bonds. The van der Waals surface area contributed by atoms with Crippen LogP contribution >= 0.6 is 12.2 Å². The van der Waals surface area contributed by atoms with Crippen LogP contribution in [0.15, 0.2) is 18.2 Å². The largest absolute Gasteiger partial charge is 0.486 e. The molecule has 98 valence electrons. The van der Waals surface area contributed by atoms with Crippen LogP contribution in [0.1, 0.15) is 20.8 Å². The normalized spacial score (nSPS) is 13.9. The van der Waals surface area contributed by atoms with E-state index in [2.05, 4.69) is 31.4 Å². The molecule has 2 rings (SSSR count). The minimum atomic E-state index is -0.0576. The molecule has 0 bridgehead atoms. The second-order valence-electron chi connectivity index (χ2n) is 5.19. The number of benzene rings is 1. The van der Waals surface area contributed by atoms with Gasteiger partial charge >= 0.3 is 0 Å². The summed E-state index contributed by atoms with van der Waals surface area (Å²) in [5.74, 6) is 1.53. The van der Waals surface area contributed by atoms with E-state index >= 15 is 0 Å². The van der Waals surface area contributed by atoms with Gasteiger partial charge in [-0.3, -0.25) is 0 Å². The SMILES string of the molecule is CC(C)(C)NC(=S)Nc1ccc2c(c1)OCCO2. The van der Waals surface area contributed by atoms with Crippen LogP contribution < -0.4 is 20.1 Å². The van der Waals surface area contributed by atoms with Crippen LogP contribution in [0.2, 0.25) is 0 Å². The lowest BCUT2D eigenvalue weighted by Gasteiger charge is -2.24. The van der Waals surface area contributed by atoms with Gasteiger partial charge in [0, 0.05) is 17.3 Å². The van der Waals surface area contributed by atoms with Crippen molar-refractivity contribution < 1.29 is 9.47 Å². The Morgan fingerprint density at radius 2 is 1.83 bits per heavy atom. The summed E-state index contributed by atoms with van der Waals surface area (Å²) in [6.07, 6.45) is 0. The maximum atomic E-state index is 5.52. The van der Waals surface area contributed by atoms with Crippen LogP contribution in [0.3, 0.4) is 0 Å². The summed E-state index contributed by atoms with van der Waals surface area (Å²) in [4.78, 5) is 0. The summed E-state index contributed by atoms with van der Waals surface area (Å²) >= 11 is 5.24. The van der Waals surface area contributed by atoms with Crippen LogP contribution in [-0.2, 0) is 0 Å². The molecule has 0 atom stereocenters. The molecule has 1 heterocycles. The zero-order valence-electron chi connectivity index (χ0n) is 10.9. The first-order valence-electron chi connectivity index (χ1n) is 5.93. The molecule has 4 nitrogen and oxygen atoms in total. The summed E-state index contributed by atoms with van der Waals surface area (Å²) < 4.78 is 11.0. The van der Waals surface area contributed by atoms with E-state index in [1.807, 2.05) is 18.2 Å². The highest BCUT2D eigenvalue weighted by molar-refractivity contribution is 7.80. The second-order valence-corrected chi connectivity index (χ2v) is 5.60. The number of hydrogen-bond acceptors (Lipinski definition) is 3. The van der Waals surface area contributed by atoms with Gasteiger partial charge in [-0.2, -0.15) is 0 Å². The number of nitrogens with one attached hydrogen (secondary N) is 2. The van der Waals surface area contributed by atoms with Crippen LogP contribution in [0.4, 0.5) is 5.69 Å². The zero-order valence-corrected chi connectivity index (χ0v) is 11.7. The van der Waals surface area contributed by atoms with E-state index in [4.69, 9.17) is 21.7 Å². The standard InChI is InChI=1S/C13H18N2O2S/c1-13(2,3)15-12(18)14-9-4-5-10-11(8-9)17-7-6-16-10/h4-5,8H,6-7H2,1-3H3,(H2,14,15,18). The molecule has 18 heavy (non-hydrogen) atoms. The Labute approximate surface area is 113 Å². The molecular weight excluding hydrogens is 248 g/mol. The Kier molecular flexibility index (Phi) is 3.61. The molecule has 0 unspecified atom stereocenters. The summed E-state index contributed by atoms with van der Waals surface area (Å²) in [5, 5.41) is 6.93. The van der Waals surface area contributed by atoms with Crippen molar-refractivity contribution in [2.45, 2.75) is 26.3 Å². The van der Waals surface area contributed by atoms with Gasteiger partial charge in [0.05, 0.1) is 0 Å². The fraction of sp³-hybridized carbons (Fsp3) is 0.462. The third-order valence-electron chi connectivity index (χ3n) is 2.29. The van der Waals surface area contributed by atoms with Gasteiger partial charge in [0.2, 0.25) is 0 Å². The number of ether oxygens (including phenoxy) is 2. The number of anilines is 1. The van der Waals surface area contributed by atoms with Crippen LogP contribution in [0, 0.1) is 0 Å². The first-order chi connectivity index (χ1) is 8.44. The van der Waals surface area contributed by atoms with Crippen molar-refractivity contribution >= 4 is 23.0 Å². The topological polar surface area (TPSA) is 42.5 Å². The van der Waals surface area contributed by atoms with Gasteiger partial charge in [0.25, 0.3) is 0 Å². The highest BCUT2D eigenvalue weighted by atomic mass is 32.1. The Morgan fingerprint density at radius 3 is 2.50 bits per heavy atom. The second kappa shape index (κ2) is 5.02. The molecule has 0 radical (unpaired) electrons. The van der Waals surface area contributed by atoms with Gasteiger partial charge in [-0.1, -0.05) is 0 Å². The van der Waals surface area contributed by atoms with Gasteiger partial charge in [0.15, 0.2) is 16.6 Å². The molecule has 5 heteroatoms. The van der Waals surface area contributed by atoms with Crippen molar-refractivity contribution in [3.8, 4) is 11.5 Å². The monoisotopic (exact) mass is 266 g/mol. The molecule has 2 N–H and O–H groups in total. The average molecular weight is 266 g/mol. The molecule has 0 aromatic heterocycles. The maximum Gasteiger partial charge on any atom is 0.171 e. The van der Waals surface area contributed by atoms with Gasteiger partial charge in [-0.05, 0) is 45.1 Å². The number of hydrogen-bond donors (Lipinski definition) is 2. The fourth-order valence-corrected chi connectivity index (χ4v) is 2.05. The number of rotatable bonds is 1. The van der Waals surface area contributed by atoms with Gasteiger partial charge in [-0.25, -0.2) is 0 Å². The zero-order chi connectivity index (χ0) is 13.2. The van der Waals surface area contributed by atoms with Crippen molar-refractivity contribution in [3.63, 3.8) is 0 Å². The minimum absolute atomic E-state index is 0.0576. The smallest absolute Gasteiger partial charge is 0.171 e. The Hall–Kier alpha value is -1.49. The first kappa shape index (κ1) is 13.0. The summed E-state index contributed by atoms with van der Waals surface area (Å²) in [5.41, 5.74) is 0.832. The highest BCUT2D eigenvalue weighted by Crippen LogP contribution is 2.32. The predicted octanol–water partition coefficient (Wildman–Crippen LogP) is 2.54. The third-order valence-corrected chi connectivity index (χ3v) is 2.49. The molecule has 1 aliphatic rings. The van der Waals surface area contributed by atoms with Crippen molar-refractivity contribution in [2.75, 3.05) is 18.5 Å². The molecule has 0 fully saturated rings. The lowest BCUT2D eigenvalue weighted by atomic mass is 10.1. The van der Waals surface area contributed by atoms with E-state index in [0.29, 0.717) is 18.3 Å². The van der Waals surface area contributed by atoms with Crippen LogP contribution in [-0.4, -0.2) is 23.9 Å². The van der Waals surface area contributed by atoms with E-state index in [0.717, 1.165) is 17.2 Å². The number of fused-ring (bicyclic) bond motifs is 1. The van der Waals surface area contributed by atoms with Crippen molar-refractivity contribution in [2.24, 2.45) is 0 Å². The van der Waals surface area contributed by atoms with E-state index in [1.165, 1.54) is 0 Å². The Bertz CT molecular complexity index is 455. The van der Waals surface area contributed by atoms with Crippen molar-refractivity contribution in [1.82, 2.24) is 5.32 Å². The minimum Gasteiger partial charge on any atom is -0.486 e. The Morgan fingerprint density at radius 1 is 1.17 bits per heavy atom. The van der Waals surface area contributed by atoms with Crippen molar-refractivity contribution in [1.29, 1.82) is 0 Å². The summed E-state index contributed by atoms with van der Waals surface area (Å²) in [6, 6.07) is 5.70. The maximum absolute atomic E-state index is 5.52. The lowest BCUT2D eigenvalue weighted by Crippen LogP contribution is -2.42. The predicted molar refractivity (Wildman–Crippen MR) is 76.5 cm³/mol. The summed E-state index contributed by atoms with van der Waals surface area (Å²) in [7, 11) is 0. The van der Waals surface area contributed by atoms with E-state index in [9.17, 15) is 0 Å². The van der Waals surface area contributed by atoms with E-state index in [-0.39, 0.29) is 5.54 Å². The molecule has 0 spiro atoms. The van der Waals surface area contributed by atoms with Crippen LogP contribution in [0.5, 0.6) is 11.5 Å². The Balaban J connectivity index is 2.04. The third kappa shape index (κ3) is 3.50. The van der Waals surface area contributed by atoms with Crippen molar-refractivity contribution in [3.05, 3.63) is 18.2 Å². The summed E-state index contributed by atoms with van der Waals surface area (Å²) in [6.45, 7) is 7.37. The van der Waals surface area contributed by atoms with Gasteiger partial charge in [0.1, 0.15) is 13.2 Å². The quantitative estimate of drug-likeness (QED) is 0.765. The molecule has 1 aromatic carbocycles. The first-order valence-corrected chi connectivity index (χ1v) is 6.34. The number of thiocarbonyl (C=S) groups is 1. The molecular formula is C13H18N2O2S. The fourth-order valence-electron chi connectivity index (χ4n) is 1.62. The van der Waals surface area contributed by atoms with E-state index < -0.39 is 0 Å². The molecule has 0 saturated heterocycles. The highest BCUT2D eigenvalue weighted by Gasteiger charge is 2.14. The molecule has 0 saturated carbocycles. The van der Waals surface area contributed by atoms with Gasteiger partial charge in [-0.15, -0.1) is 0 Å². The molecule has 1 aliphatic heterocycles. The van der Waals surface area contributed by atoms with Crippen LogP contribution in [0.25, 0.3) is 0 Å². The average Bonchev–Trinajstić information content (AvgIpc) is 2.26. The molecule has 0 aliphatic carbocycles. The van der Waals surface area contributed by atoms with E-state index in [1.54, 1.807) is 0 Å².